The van der Waals surface area contributed by atoms with Gasteiger partial charge in [-0.3, -0.25) is 14.9 Å². The summed E-state index contributed by atoms with van der Waals surface area (Å²) in [5, 5.41) is 22.2. The maximum Gasteiger partial charge on any atom is 0.294 e. The second-order valence-electron chi connectivity index (χ2n) is 3.89. The maximum absolute atomic E-state index is 12.1. The van der Waals surface area contributed by atoms with Crippen LogP contribution in [0.5, 0.6) is 0 Å². The van der Waals surface area contributed by atoms with Gasteiger partial charge in [0, 0.05) is 16.7 Å². The first-order chi connectivity index (χ1) is 10.0. The zero-order valence-corrected chi connectivity index (χ0v) is 12.0. The van der Waals surface area contributed by atoms with Gasteiger partial charge in [-0.05, 0) is 40.2 Å². The number of carbonyl (C=O) groups is 1. The highest BCUT2D eigenvalue weighted by Gasteiger charge is 2.19. The Morgan fingerprint density at radius 3 is 2.81 bits per heavy atom. The van der Waals surface area contributed by atoms with E-state index in [-0.39, 0.29) is 22.6 Å². The zero-order chi connectivity index (χ0) is 15.4. The Balaban J connectivity index is 2.36. The minimum Gasteiger partial charge on any atom is -0.315 e. The van der Waals surface area contributed by atoms with Gasteiger partial charge in [0.05, 0.1) is 16.6 Å². The lowest BCUT2D eigenvalue weighted by molar-refractivity contribution is -0.383. The topological polar surface area (TPSA) is 109 Å². The smallest absolute Gasteiger partial charge is 0.294 e. The predicted molar refractivity (Wildman–Crippen MR) is 77.7 cm³/mol. The first-order valence-corrected chi connectivity index (χ1v) is 6.42. The summed E-state index contributed by atoms with van der Waals surface area (Å²) in [4.78, 5) is 26.3. The van der Waals surface area contributed by atoms with Crippen LogP contribution in [0.1, 0.15) is 16.1 Å². The second-order valence-corrected chi connectivity index (χ2v) is 4.74. The highest BCUT2D eigenvalue weighted by molar-refractivity contribution is 9.10. The summed E-state index contributed by atoms with van der Waals surface area (Å²) in [5.74, 6) is -0.588. The Morgan fingerprint density at radius 2 is 2.19 bits per heavy atom. The minimum atomic E-state index is -0.663. The molecule has 0 saturated carbocycles. The van der Waals surface area contributed by atoms with Crippen LogP contribution >= 0.6 is 15.9 Å². The number of nitro benzene ring substituents is 1. The lowest BCUT2D eigenvalue weighted by Crippen LogP contribution is -2.15. The molecule has 0 fully saturated rings. The number of pyridine rings is 1. The van der Waals surface area contributed by atoms with Crippen LogP contribution in [0.4, 0.5) is 11.4 Å². The number of hydrogen-bond donors (Lipinski definition) is 1. The Bertz CT molecular complexity index is 770. The molecule has 2 rings (SSSR count). The summed E-state index contributed by atoms with van der Waals surface area (Å²) in [5.41, 5.74) is -0.106. The van der Waals surface area contributed by atoms with E-state index in [1.165, 1.54) is 18.3 Å². The second kappa shape index (κ2) is 6.11. The average Bonchev–Trinajstić information content (AvgIpc) is 2.47. The van der Waals surface area contributed by atoms with Gasteiger partial charge in [-0.15, -0.1) is 0 Å². The number of benzene rings is 1. The number of nitriles is 1. The Labute approximate surface area is 127 Å². The van der Waals surface area contributed by atoms with Crippen molar-refractivity contribution >= 4 is 33.2 Å². The van der Waals surface area contributed by atoms with E-state index in [0.717, 1.165) is 6.07 Å². The Kier molecular flexibility index (Phi) is 4.25. The van der Waals surface area contributed by atoms with Gasteiger partial charge in [-0.25, -0.2) is 4.98 Å². The van der Waals surface area contributed by atoms with Crippen molar-refractivity contribution in [2.24, 2.45) is 0 Å². The lowest BCUT2D eigenvalue weighted by atomic mass is 10.2. The molecule has 21 heavy (non-hydrogen) atoms. The molecule has 104 valence electrons. The number of hydrogen-bond acceptors (Lipinski definition) is 5. The molecule has 7 nitrogen and oxygen atoms in total. The van der Waals surface area contributed by atoms with Crippen molar-refractivity contribution in [1.82, 2.24) is 4.98 Å². The highest BCUT2D eigenvalue weighted by Crippen LogP contribution is 2.26. The number of aromatic nitrogens is 1. The SMILES string of the molecule is N#Cc1ccc(NC(=O)c2ncccc2Br)c([N+](=O)[O-])c1. The summed E-state index contributed by atoms with van der Waals surface area (Å²) < 4.78 is 0.471. The summed E-state index contributed by atoms with van der Waals surface area (Å²) in [6.45, 7) is 0. The third kappa shape index (κ3) is 3.21. The fraction of sp³-hybridized carbons (Fsp3) is 0. The van der Waals surface area contributed by atoms with Gasteiger partial charge >= 0.3 is 0 Å². The number of anilines is 1. The molecule has 0 aliphatic rings. The van der Waals surface area contributed by atoms with Crippen LogP contribution in [0.2, 0.25) is 0 Å². The number of nitro groups is 1. The Hall–Kier alpha value is -2.79. The molecular weight excluding hydrogens is 340 g/mol. The van der Waals surface area contributed by atoms with Crippen molar-refractivity contribution in [2.45, 2.75) is 0 Å². The standard InChI is InChI=1S/C13H7BrN4O3/c14-9-2-1-5-16-12(9)13(19)17-10-4-3-8(7-15)6-11(10)18(20)21/h1-6H,(H,17,19). The molecule has 1 heterocycles. The average molecular weight is 347 g/mol. The van der Waals surface area contributed by atoms with Gasteiger partial charge in [0.15, 0.2) is 0 Å². The van der Waals surface area contributed by atoms with Crippen LogP contribution in [0.25, 0.3) is 0 Å². The van der Waals surface area contributed by atoms with Crippen molar-refractivity contribution in [2.75, 3.05) is 5.32 Å². The molecule has 0 unspecified atom stereocenters. The van der Waals surface area contributed by atoms with Crippen molar-refractivity contribution in [3.63, 3.8) is 0 Å². The van der Waals surface area contributed by atoms with E-state index >= 15 is 0 Å². The van der Waals surface area contributed by atoms with E-state index in [4.69, 9.17) is 5.26 Å². The molecule has 0 aliphatic carbocycles. The molecule has 1 aromatic carbocycles. The van der Waals surface area contributed by atoms with Gasteiger partial charge in [0.1, 0.15) is 11.4 Å². The quantitative estimate of drug-likeness (QED) is 0.678. The number of halogens is 1. The number of nitrogens with zero attached hydrogens (tertiary/aromatic N) is 3. The molecule has 0 bridgehead atoms. The molecule has 8 heteroatoms. The van der Waals surface area contributed by atoms with Gasteiger partial charge in [-0.2, -0.15) is 5.26 Å². The van der Waals surface area contributed by atoms with Crippen molar-refractivity contribution < 1.29 is 9.72 Å². The fourth-order valence-corrected chi connectivity index (χ4v) is 2.03. The van der Waals surface area contributed by atoms with E-state index in [1.807, 2.05) is 0 Å². The van der Waals surface area contributed by atoms with Crippen LogP contribution in [0.3, 0.4) is 0 Å². The van der Waals surface area contributed by atoms with Crippen molar-refractivity contribution in [3.8, 4) is 6.07 Å². The van der Waals surface area contributed by atoms with E-state index < -0.39 is 10.8 Å². The van der Waals surface area contributed by atoms with Crippen LogP contribution in [0.15, 0.2) is 41.0 Å². The summed E-state index contributed by atoms with van der Waals surface area (Å²) >= 11 is 3.18. The summed E-state index contributed by atoms with van der Waals surface area (Å²) in [6, 6.07) is 8.88. The third-order valence-corrected chi connectivity index (χ3v) is 3.19. The summed E-state index contributed by atoms with van der Waals surface area (Å²) in [7, 11) is 0. The van der Waals surface area contributed by atoms with E-state index in [1.54, 1.807) is 18.2 Å². The maximum atomic E-state index is 12.1. The molecule has 0 aliphatic heterocycles. The van der Waals surface area contributed by atoms with Gasteiger partial charge in [-0.1, -0.05) is 0 Å². The zero-order valence-electron chi connectivity index (χ0n) is 10.4. The predicted octanol–water partition coefficient (Wildman–Crippen LogP) is 2.88. The molecule has 0 radical (unpaired) electrons. The highest BCUT2D eigenvalue weighted by atomic mass is 79.9. The summed E-state index contributed by atoms with van der Waals surface area (Å²) in [6.07, 6.45) is 1.44. The molecule has 0 saturated heterocycles. The molecule has 1 aromatic heterocycles. The van der Waals surface area contributed by atoms with E-state index in [0.29, 0.717) is 4.47 Å². The lowest BCUT2D eigenvalue weighted by Gasteiger charge is -2.06. The molecule has 0 spiro atoms. The molecule has 1 N–H and O–H groups in total. The number of rotatable bonds is 3. The first-order valence-electron chi connectivity index (χ1n) is 5.63. The Morgan fingerprint density at radius 1 is 1.43 bits per heavy atom. The largest absolute Gasteiger partial charge is 0.315 e. The molecular formula is C13H7BrN4O3. The van der Waals surface area contributed by atoms with Crippen LogP contribution in [-0.2, 0) is 0 Å². The third-order valence-electron chi connectivity index (χ3n) is 2.55. The van der Waals surface area contributed by atoms with Crippen molar-refractivity contribution in [1.29, 1.82) is 5.26 Å². The number of carbonyl (C=O) groups excluding carboxylic acids is 1. The van der Waals surface area contributed by atoms with Crippen LogP contribution in [0, 0.1) is 21.4 Å². The number of nitrogens with one attached hydrogen (secondary N) is 1. The molecule has 1 amide bonds. The normalized spacial score (nSPS) is 9.71. The van der Waals surface area contributed by atoms with E-state index in [9.17, 15) is 14.9 Å². The number of amides is 1. The van der Waals surface area contributed by atoms with Crippen LogP contribution in [-0.4, -0.2) is 15.8 Å². The first kappa shape index (κ1) is 14.6. The van der Waals surface area contributed by atoms with Crippen LogP contribution < -0.4 is 5.32 Å². The molecule has 2 aromatic rings. The fourth-order valence-electron chi connectivity index (χ4n) is 1.59. The van der Waals surface area contributed by atoms with E-state index in [2.05, 4.69) is 26.2 Å². The minimum absolute atomic E-state index is 0.00144. The van der Waals surface area contributed by atoms with Gasteiger partial charge in [0.25, 0.3) is 11.6 Å². The molecule has 0 atom stereocenters. The monoisotopic (exact) mass is 346 g/mol. The van der Waals surface area contributed by atoms with Gasteiger partial charge in [0.2, 0.25) is 0 Å². The van der Waals surface area contributed by atoms with Crippen molar-refractivity contribution in [3.05, 3.63) is 62.4 Å². The van der Waals surface area contributed by atoms with Gasteiger partial charge < -0.3 is 5.32 Å².